The zero-order chi connectivity index (χ0) is 13.4. The summed E-state index contributed by atoms with van der Waals surface area (Å²) in [4.78, 5) is 4.39. The van der Waals surface area contributed by atoms with Crippen molar-refractivity contribution < 1.29 is 14.4 Å². The Balaban J connectivity index is 1.89. The second kappa shape index (κ2) is 4.66. The van der Waals surface area contributed by atoms with Crippen molar-refractivity contribution in [3.63, 3.8) is 0 Å². The predicted molar refractivity (Wildman–Crippen MR) is 68.2 cm³/mol. The van der Waals surface area contributed by atoms with Gasteiger partial charge in [0.2, 0.25) is 5.89 Å². The fourth-order valence-corrected chi connectivity index (χ4v) is 2.16. The van der Waals surface area contributed by atoms with E-state index in [0.29, 0.717) is 18.3 Å². The maximum Gasteiger partial charge on any atom is 0.232 e. The summed E-state index contributed by atoms with van der Waals surface area (Å²) in [6.07, 6.45) is -0.514. The molecule has 3 atom stereocenters. The second-order valence-electron chi connectivity index (χ2n) is 4.92. The fourth-order valence-electron chi connectivity index (χ4n) is 2.16. The molecule has 0 bridgehead atoms. The van der Waals surface area contributed by atoms with Crippen molar-refractivity contribution in [2.24, 2.45) is 0 Å². The van der Waals surface area contributed by atoms with Gasteiger partial charge in [-0.1, -0.05) is 30.3 Å². The van der Waals surface area contributed by atoms with E-state index in [9.17, 15) is 5.11 Å². The van der Waals surface area contributed by atoms with Crippen LogP contribution in [0.2, 0.25) is 0 Å². The van der Waals surface area contributed by atoms with Crippen LogP contribution in [0.25, 0.3) is 0 Å². The molecule has 0 spiro atoms. The number of nitrogens with zero attached hydrogens (tertiary/aromatic N) is 2. The molecule has 100 valence electrons. The molecule has 5 heteroatoms. The fraction of sp³-hybridized carbons (Fsp3) is 0.429. The first-order valence-electron chi connectivity index (χ1n) is 6.40. The van der Waals surface area contributed by atoms with Gasteiger partial charge in [-0.3, -0.25) is 0 Å². The Kier molecular flexibility index (Phi) is 2.98. The van der Waals surface area contributed by atoms with Gasteiger partial charge in [0.05, 0.1) is 17.9 Å². The number of hydrogen-bond acceptors (Lipinski definition) is 5. The van der Waals surface area contributed by atoms with Gasteiger partial charge in [-0.15, -0.1) is 0 Å². The zero-order valence-electron chi connectivity index (χ0n) is 10.9. The van der Waals surface area contributed by atoms with Gasteiger partial charge < -0.3 is 14.4 Å². The first-order valence-corrected chi connectivity index (χ1v) is 6.40. The van der Waals surface area contributed by atoms with Crippen molar-refractivity contribution in [3.8, 4) is 5.75 Å². The third kappa shape index (κ3) is 2.10. The van der Waals surface area contributed by atoms with E-state index in [1.54, 1.807) is 6.92 Å². The number of aliphatic hydroxyl groups is 1. The first kappa shape index (κ1) is 12.2. The monoisotopic (exact) mass is 260 g/mol. The molecule has 5 nitrogen and oxygen atoms in total. The Morgan fingerprint density at radius 3 is 2.89 bits per heavy atom. The van der Waals surface area contributed by atoms with Crippen molar-refractivity contribution in [3.05, 3.63) is 41.5 Å². The molecule has 1 aliphatic rings. The van der Waals surface area contributed by atoms with Crippen LogP contribution in [0.15, 0.2) is 28.8 Å². The Morgan fingerprint density at radius 1 is 1.32 bits per heavy atom. The number of para-hydroxylation sites is 1. The molecule has 3 rings (SSSR count). The molecule has 1 N–H and O–H groups in total. The third-order valence-electron chi connectivity index (χ3n) is 3.58. The van der Waals surface area contributed by atoms with E-state index < -0.39 is 6.10 Å². The number of fused-ring (bicyclic) bond motifs is 1. The van der Waals surface area contributed by atoms with Gasteiger partial charge in [-0.25, -0.2) is 0 Å². The summed E-state index contributed by atoms with van der Waals surface area (Å²) in [6.45, 7) is 4.10. The number of aromatic nitrogens is 2. The van der Waals surface area contributed by atoms with Crippen LogP contribution in [0.3, 0.4) is 0 Å². The van der Waals surface area contributed by atoms with E-state index in [0.717, 1.165) is 11.3 Å². The summed E-state index contributed by atoms with van der Waals surface area (Å²) in [5.41, 5.74) is 1.08. The summed E-state index contributed by atoms with van der Waals surface area (Å²) in [5.74, 6) is 1.80. The van der Waals surface area contributed by atoms with E-state index in [2.05, 4.69) is 10.1 Å². The van der Waals surface area contributed by atoms with Gasteiger partial charge in [0.25, 0.3) is 0 Å². The van der Waals surface area contributed by atoms with Crippen molar-refractivity contribution in [1.82, 2.24) is 10.1 Å². The van der Waals surface area contributed by atoms with Crippen molar-refractivity contribution in [2.45, 2.75) is 31.8 Å². The molecule has 1 aromatic carbocycles. The quantitative estimate of drug-likeness (QED) is 0.915. The Hall–Kier alpha value is -1.88. The van der Waals surface area contributed by atoms with Crippen LogP contribution in [0.5, 0.6) is 5.75 Å². The predicted octanol–water partition coefficient (Wildman–Crippen LogP) is 2.08. The molecule has 19 heavy (non-hydrogen) atoms. The van der Waals surface area contributed by atoms with E-state index in [1.807, 2.05) is 31.2 Å². The highest BCUT2D eigenvalue weighted by Gasteiger charge is 2.30. The van der Waals surface area contributed by atoms with E-state index in [4.69, 9.17) is 9.26 Å². The molecule has 1 aromatic heterocycles. The standard InChI is InChI=1S/C14H16N2O3/c1-8(9(2)17)14-15-13(16-19-14)11-7-18-12-6-4-3-5-10(11)12/h3-6,8-9,11,17H,7H2,1-2H3. The number of ether oxygens (including phenoxy) is 1. The highest BCUT2D eigenvalue weighted by Crippen LogP contribution is 2.36. The highest BCUT2D eigenvalue weighted by molar-refractivity contribution is 5.42. The number of rotatable bonds is 3. The summed E-state index contributed by atoms with van der Waals surface area (Å²) in [5, 5.41) is 13.6. The van der Waals surface area contributed by atoms with E-state index >= 15 is 0 Å². The Labute approximate surface area is 111 Å². The molecule has 0 aliphatic carbocycles. The average Bonchev–Trinajstić information content (AvgIpc) is 3.03. The summed E-state index contributed by atoms with van der Waals surface area (Å²) in [6, 6.07) is 7.87. The molecule has 0 fully saturated rings. The van der Waals surface area contributed by atoms with Gasteiger partial charge in [0.1, 0.15) is 12.4 Å². The maximum atomic E-state index is 9.55. The lowest BCUT2D eigenvalue weighted by Crippen LogP contribution is -2.11. The number of hydrogen-bond donors (Lipinski definition) is 1. The largest absolute Gasteiger partial charge is 0.492 e. The van der Waals surface area contributed by atoms with Crippen LogP contribution >= 0.6 is 0 Å². The molecule has 2 aromatic rings. The molecule has 0 amide bonds. The van der Waals surface area contributed by atoms with Crippen molar-refractivity contribution >= 4 is 0 Å². The smallest absolute Gasteiger partial charge is 0.232 e. The molecule has 3 unspecified atom stereocenters. The first-order chi connectivity index (χ1) is 9.16. The topological polar surface area (TPSA) is 68.4 Å². The molecule has 1 aliphatic heterocycles. The lowest BCUT2D eigenvalue weighted by molar-refractivity contribution is 0.151. The minimum absolute atomic E-state index is 0.00917. The van der Waals surface area contributed by atoms with Crippen molar-refractivity contribution in [1.29, 1.82) is 0 Å². The van der Waals surface area contributed by atoms with Crippen LogP contribution in [0.4, 0.5) is 0 Å². The lowest BCUT2D eigenvalue weighted by atomic mass is 10.0. The second-order valence-corrected chi connectivity index (χ2v) is 4.92. The molecular formula is C14H16N2O3. The van der Waals surface area contributed by atoms with E-state index in [-0.39, 0.29) is 11.8 Å². The Bertz CT molecular complexity index is 580. The summed E-state index contributed by atoms with van der Waals surface area (Å²) < 4.78 is 10.9. The van der Waals surface area contributed by atoms with Crippen LogP contribution in [0.1, 0.15) is 43.0 Å². The molecule has 0 radical (unpaired) electrons. The molecular weight excluding hydrogens is 244 g/mol. The SMILES string of the molecule is CC(O)C(C)c1nc(C2COc3ccccc32)no1. The van der Waals surface area contributed by atoms with Gasteiger partial charge >= 0.3 is 0 Å². The maximum absolute atomic E-state index is 9.55. The van der Waals surface area contributed by atoms with Crippen LogP contribution in [-0.4, -0.2) is 28.0 Å². The van der Waals surface area contributed by atoms with Gasteiger partial charge in [-0.05, 0) is 13.0 Å². The highest BCUT2D eigenvalue weighted by atomic mass is 16.5. The number of aliphatic hydroxyl groups excluding tert-OH is 1. The normalized spacial score (nSPS) is 20.7. The van der Waals surface area contributed by atoms with Gasteiger partial charge in [0, 0.05) is 5.56 Å². The summed E-state index contributed by atoms with van der Waals surface area (Å²) in [7, 11) is 0. The molecule has 0 saturated heterocycles. The van der Waals surface area contributed by atoms with Crippen LogP contribution in [0, 0.1) is 0 Å². The molecule has 0 saturated carbocycles. The van der Waals surface area contributed by atoms with Crippen LogP contribution < -0.4 is 4.74 Å². The van der Waals surface area contributed by atoms with Crippen molar-refractivity contribution in [2.75, 3.05) is 6.61 Å². The Morgan fingerprint density at radius 2 is 2.11 bits per heavy atom. The average molecular weight is 260 g/mol. The van der Waals surface area contributed by atoms with Gasteiger partial charge in [-0.2, -0.15) is 4.98 Å². The third-order valence-corrected chi connectivity index (χ3v) is 3.58. The zero-order valence-corrected chi connectivity index (χ0v) is 10.9. The van der Waals surface area contributed by atoms with E-state index in [1.165, 1.54) is 0 Å². The minimum Gasteiger partial charge on any atom is -0.492 e. The number of benzene rings is 1. The summed E-state index contributed by atoms with van der Waals surface area (Å²) >= 11 is 0. The van der Waals surface area contributed by atoms with Gasteiger partial charge in [0.15, 0.2) is 5.82 Å². The minimum atomic E-state index is -0.514. The van der Waals surface area contributed by atoms with Crippen LogP contribution in [-0.2, 0) is 0 Å². The lowest BCUT2D eigenvalue weighted by Gasteiger charge is -2.08. The molecule has 2 heterocycles.